The summed E-state index contributed by atoms with van der Waals surface area (Å²) >= 11 is 1.88. The molecule has 0 N–H and O–H groups in total. The van der Waals surface area contributed by atoms with Gasteiger partial charge in [-0.25, -0.2) is 0 Å². The molecule has 0 bridgehead atoms. The van der Waals surface area contributed by atoms with Gasteiger partial charge < -0.3 is 14.4 Å². The Balaban J connectivity index is 1.88. The number of carbonyl (C=O) groups is 1. The second kappa shape index (κ2) is 12.7. The lowest BCUT2D eigenvalue weighted by atomic mass is 9.83. The summed E-state index contributed by atoms with van der Waals surface area (Å²) in [5.41, 5.74) is 3.19. The van der Waals surface area contributed by atoms with Crippen molar-refractivity contribution in [1.29, 1.82) is 0 Å². The van der Waals surface area contributed by atoms with Gasteiger partial charge in [-0.05, 0) is 81.4 Å². The summed E-state index contributed by atoms with van der Waals surface area (Å²) in [4.78, 5) is 16.6. The molecular weight excluding hydrogens is 454 g/mol. The molecule has 4 nitrogen and oxygen atoms in total. The normalized spacial score (nSPS) is 18.2. The predicted molar refractivity (Wildman–Crippen MR) is 150 cm³/mol. The summed E-state index contributed by atoms with van der Waals surface area (Å²) in [6.07, 6.45) is 7.25. The van der Waals surface area contributed by atoms with Gasteiger partial charge >= 0.3 is 5.97 Å². The number of nitrogens with zero attached hydrogens (tertiary/aromatic N) is 1. The number of fused-ring (bicyclic) bond motifs is 2. The fourth-order valence-corrected chi connectivity index (χ4v) is 6.62. The van der Waals surface area contributed by atoms with Crippen molar-refractivity contribution in [2.45, 2.75) is 105 Å². The van der Waals surface area contributed by atoms with Gasteiger partial charge in [0, 0.05) is 17.1 Å². The average Bonchev–Trinajstić information content (AvgIpc) is 3.32. The van der Waals surface area contributed by atoms with Crippen molar-refractivity contribution < 1.29 is 14.3 Å². The molecule has 0 saturated carbocycles. The molecule has 0 saturated heterocycles. The Hall–Kier alpha value is -1.46. The van der Waals surface area contributed by atoms with Gasteiger partial charge in [0.2, 0.25) is 0 Å². The summed E-state index contributed by atoms with van der Waals surface area (Å²) in [6, 6.07) is 4.36. The van der Waals surface area contributed by atoms with E-state index in [4.69, 9.17) is 9.47 Å². The van der Waals surface area contributed by atoms with Crippen molar-refractivity contribution >= 4 is 23.3 Å². The summed E-state index contributed by atoms with van der Waals surface area (Å²) in [5, 5.41) is 0. The fourth-order valence-electron chi connectivity index (χ4n) is 5.34. The van der Waals surface area contributed by atoms with E-state index < -0.39 is 0 Å². The van der Waals surface area contributed by atoms with Gasteiger partial charge in [-0.1, -0.05) is 60.3 Å². The van der Waals surface area contributed by atoms with Crippen LogP contribution in [0.1, 0.15) is 110 Å². The molecule has 0 aromatic heterocycles. The molecule has 35 heavy (non-hydrogen) atoms. The molecule has 0 radical (unpaired) electrons. The number of rotatable bonds is 13. The van der Waals surface area contributed by atoms with Gasteiger partial charge in [-0.15, -0.1) is 11.8 Å². The minimum Gasteiger partial charge on any atom is -0.482 e. The Kier molecular flexibility index (Phi) is 10.2. The molecule has 3 rings (SSSR count). The largest absolute Gasteiger partial charge is 0.482 e. The fraction of sp³-hybridized carbons (Fsp3) is 0.700. The molecule has 196 valence electrons. The van der Waals surface area contributed by atoms with E-state index in [0.717, 1.165) is 49.5 Å². The third-order valence-electron chi connectivity index (χ3n) is 7.79. The van der Waals surface area contributed by atoms with Crippen LogP contribution in [-0.4, -0.2) is 41.9 Å². The maximum absolute atomic E-state index is 13.0. The summed E-state index contributed by atoms with van der Waals surface area (Å²) < 4.78 is 12.7. The van der Waals surface area contributed by atoms with Crippen LogP contribution in [0.5, 0.6) is 11.5 Å². The Labute approximate surface area is 218 Å². The van der Waals surface area contributed by atoms with Crippen LogP contribution in [0.3, 0.4) is 0 Å². The molecule has 2 aliphatic rings. The molecular formula is C30H47NO3S. The zero-order chi connectivity index (χ0) is 25.6. The summed E-state index contributed by atoms with van der Waals surface area (Å²) in [5.74, 6) is 3.43. The molecule has 0 fully saturated rings. The third kappa shape index (κ3) is 6.85. The minimum atomic E-state index is -0.344. The van der Waals surface area contributed by atoms with Crippen molar-refractivity contribution in [1.82, 2.24) is 4.90 Å². The first kappa shape index (κ1) is 28.1. The first-order valence-electron chi connectivity index (χ1n) is 13.9. The van der Waals surface area contributed by atoms with E-state index in [0.29, 0.717) is 24.0 Å². The predicted octanol–water partition coefficient (Wildman–Crippen LogP) is 8.05. The van der Waals surface area contributed by atoms with E-state index in [1.807, 2.05) is 11.8 Å². The Bertz CT molecular complexity index is 903. The van der Waals surface area contributed by atoms with Crippen LogP contribution in [0.4, 0.5) is 0 Å². The van der Waals surface area contributed by atoms with E-state index in [1.54, 1.807) is 0 Å². The van der Waals surface area contributed by atoms with E-state index in [1.165, 1.54) is 41.7 Å². The lowest BCUT2D eigenvalue weighted by Crippen LogP contribution is -2.33. The smallest absolute Gasteiger partial charge is 0.311 e. The standard InChI is InChI=1S/C30H47NO3S/c1-8-11-12-14-21(4)22(5)23-19-25(33-27(32)15-13-17-31(9-2)10-3)28-24-16-18-35-29(24)30(6,7)34-26(28)20-23/h19-22H,8-18H2,1-7H3. The van der Waals surface area contributed by atoms with E-state index in [-0.39, 0.29) is 11.6 Å². The molecule has 5 heteroatoms. The molecule has 0 amide bonds. The van der Waals surface area contributed by atoms with E-state index in [9.17, 15) is 4.79 Å². The zero-order valence-corrected chi connectivity index (χ0v) is 24.0. The Morgan fingerprint density at radius 3 is 2.57 bits per heavy atom. The highest BCUT2D eigenvalue weighted by Gasteiger charge is 2.40. The summed E-state index contributed by atoms with van der Waals surface area (Å²) in [6.45, 7) is 18.5. The minimum absolute atomic E-state index is 0.141. The molecule has 2 aliphatic heterocycles. The van der Waals surface area contributed by atoms with Gasteiger partial charge in [0.15, 0.2) is 0 Å². The average molecular weight is 502 g/mol. The van der Waals surface area contributed by atoms with Crippen LogP contribution in [0.15, 0.2) is 17.0 Å². The van der Waals surface area contributed by atoms with Crippen LogP contribution in [0, 0.1) is 5.92 Å². The van der Waals surface area contributed by atoms with Crippen molar-refractivity contribution in [3.8, 4) is 11.5 Å². The number of unbranched alkanes of at least 4 members (excludes halogenated alkanes) is 2. The maximum atomic E-state index is 13.0. The number of allylic oxidation sites excluding steroid dienone is 1. The number of ether oxygens (including phenoxy) is 2. The number of thioether (sulfide) groups is 1. The van der Waals surface area contributed by atoms with Gasteiger partial charge in [0.25, 0.3) is 0 Å². The van der Waals surface area contributed by atoms with Crippen molar-refractivity contribution in [3.63, 3.8) is 0 Å². The number of hydrogen-bond acceptors (Lipinski definition) is 5. The third-order valence-corrected chi connectivity index (χ3v) is 9.23. The monoisotopic (exact) mass is 501 g/mol. The summed E-state index contributed by atoms with van der Waals surface area (Å²) in [7, 11) is 0. The molecule has 1 aromatic carbocycles. The first-order chi connectivity index (χ1) is 16.7. The van der Waals surface area contributed by atoms with Crippen molar-refractivity contribution in [3.05, 3.63) is 28.2 Å². The van der Waals surface area contributed by atoms with Crippen LogP contribution in [0.25, 0.3) is 5.57 Å². The van der Waals surface area contributed by atoms with E-state index >= 15 is 0 Å². The van der Waals surface area contributed by atoms with Gasteiger partial charge in [0.1, 0.15) is 17.1 Å². The van der Waals surface area contributed by atoms with Crippen molar-refractivity contribution in [2.24, 2.45) is 5.92 Å². The highest BCUT2D eigenvalue weighted by atomic mass is 32.2. The van der Waals surface area contributed by atoms with Gasteiger partial charge in [-0.2, -0.15) is 0 Å². The van der Waals surface area contributed by atoms with Crippen molar-refractivity contribution in [2.75, 3.05) is 25.4 Å². The van der Waals surface area contributed by atoms with Gasteiger partial charge in [-0.3, -0.25) is 4.79 Å². The number of carbonyl (C=O) groups excluding carboxylic acids is 1. The first-order valence-corrected chi connectivity index (χ1v) is 14.9. The molecule has 0 aliphatic carbocycles. The highest BCUT2D eigenvalue weighted by Crippen LogP contribution is 2.54. The van der Waals surface area contributed by atoms with Gasteiger partial charge in [0.05, 0.1) is 5.56 Å². The number of benzene rings is 1. The molecule has 1 aromatic rings. The zero-order valence-electron chi connectivity index (χ0n) is 23.2. The van der Waals surface area contributed by atoms with Crippen LogP contribution >= 0.6 is 11.8 Å². The van der Waals surface area contributed by atoms with Crippen LogP contribution in [0.2, 0.25) is 0 Å². The quantitative estimate of drug-likeness (QED) is 0.155. The Morgan fingerprint density at radius 2 is 1.89 bits per heavy atom. The SMILES string of the molecule is CCCCCC(C)C(C)c1cc(OC(=O)CCCN(CC)CC)c2c(c1)OC(C)(C)C1=C2CCS1. The lowest BCUT2D eigenvalue weighted by molar-refractivity contribution is -0.134. The number of esters is 1. The molecule has 2 unspecified atom stereocenters. The molecule has 2 atom stereocenters. The molecule has 0 spiro atoms. The Morgan fingerprint density at radius 1 is 1.14 bits per heavy atom. The van der Waals surface area contributed by atoms with E-state index in [2.05, 4.69) is 65.5 Å². The number of hydrogen-bond donors (Lipinski definition) is 0. The van der Waals surface area contributed by atoms with Crippen LogP contribution < -0.4 is 9.47 Å². The van der Waals surface area contributed by atoms with Crippen LogP contribution in [-0.2, 0) is 4.79 Å². The molecule has 2 heterocycles. The second-order valence-corrected chi connectivity index (χ2v) is 11.9. The second-order valence-electron chi connectivity index (χ2n) is 10.8. The highest BCUT2D eigenvalue weighted by molar-refractivity contribution is 8.03. The lowest BCUT2D eigenvalue weighted by Gasteiger charge is -2.35. The topological polar surface area (TPSA) is 38.8 Å². The maximum Gasteiger partial charge on any atom is 0.311 e.